The molecule has 15 heavy (non-hydrogen) atoms. The summed E-state index contributed by atoms with van der Waals surface area (Å²) in [5.41, 5.74) is 1.45. The lowest BCUT2D eigenvalue weighted by molar-refractivity contribution is 0.0475. The number of rotatable bonds is 5. The Morgan fingerprint density at radius 2 is 2.00 bits per heavy atom. The number of hydrogen-bond donors (Lipinski definition) is 2. The molecule has 0 heterocycles. The number of aliphatic hydroxyl groups is 1. The highest BCUT2D eigenvalue weighted by Gasteiger charge is 2.23. The molecule has 0 saturated carbocycles. The monoisotopic (exact) mass is 207 g/mol. The van der Waals surface area contributed by atoms with Gasteiger partial charge in [0.1, 0.15) is 0 Å². The van der Waals surface area contributed by atoms with Crippen LogP contribution in [0.2, 0.25) is 0 Å². The van der Waals surface area contributed by atoms with Gasteiger partial charge in [-0.05, 0) is 44.5 Å². The molecule has 0 aliphatic carbocycles. The smallest absolute Gasteiger partial charge is 0.0883 e. The molecule has 1 rings (SSSR count). The number of nitrogens with one attached hydrogen (secondary N) is 1. The zero-order valence-corrected chi connectivity index (χ0v) is 9.88. The van der Waals surface area contributed by atoms with Crippen molar-refractivity contribution < 1.29 is 5.11 Å². The molecule has 0 saturated heterocycles. The van der Waals surface area contributed by atoms with Crippen LogP contribution in [0, 0.1) is 6.92 Å². The van der Waals surface area contributed by atoms with E-state index in [1.807, 2.05) is 38.1 Å². The normalized spacial score (nSPS) is 14.9. The molecule has 0 fully saturated rings. The molecular formula is C13H21NO. The van der Waals surface area contributed by atoms with E-state index in [2.05, 4.69) is 12.2 Å². The van der Waals surface area contributed by atoms with Crippen LogP contribution in [0.1, 0.15) is 31.4 Å². The molecule has 1 atom stereocenters. The minimum atomic E-state index is -0.729. The Hall–Kier alpha value is -0.860. The van der Waals surface area contributed by atoms with Crippen LogP contribution in [0.15, 0.2) is 24.3 Å². The molecule has 0 amide bonds. The molecule has 84 valence electrons. The average Bonchev–Trinajstić information content (AvgIpc) is 2.18. The van der Waals surface area contributed by atoms with Gasteiger partial charge in [-0.3, -0.25) is 0 Å². The third-order valence-electron chi connectivity index (χ3n) is 2.76. The zero-order valence-electron chi connectivity index (χ0n) is 9.88. The maximum atomic E-state index is 10.4. The van der Waals surface area contributed by atoms with E-state index >= 15 is 0 Å². The Kier molecular flexibility index (Phi) is 4.30. The summed E-state index contributed by atoms with van der Waals surface area (Å²) in [6.07, 6.45) is 0.742. The third kappa shape index (κ3) is 3.33. The molecule has 1 aromatic rings. The van der Waals surface area contributed by atoms with Gasteiger partial charge in [0, 0.05) is 0 Å². The van der Waals surface area contributed by atoms with Crippen LogP contribution in [0.25, 0.3) is 0 Å². The second kappa shape index (κ2) is 5.29. The van der Waals surface area contributed by atoms with Gasteiger partial charge in [-0.25, -0.2) is 0 Å². The molecule has 2 heteroatoms. The van der Waals surface area contributed by atoms with Gasteiger partial charge in [0.2, 0.25) is 0 Å². The van der Waals surface area contributed by atoms with Gasteiger partial charge in [0.15, 0.2) is 0 Å². The summed E-state index contributed by atoms with van der Waals surface area (Å²) in [6.45, 7) is 7.79. The maximum Gasteiger partial charge on any atom is 0.0883 e. The highest BCUT2D eigenvalue weighted by atomic mass is 16.3. The van der Waals surface area contributed by atoms with E-state index in [-0.39, 0.29) is 0 Å². The fraction of sp³-hybridized carbons (Fsp3) is 0.538. The van der Waals surface area contributed by atoms with Crippen LogP contribution in [-0.2, 0) is 5.60 Å². The predicted molar refractivity (Wildman–Crippen MR) is 63.9 cm³/mol. The Balaban J connectivity index is 2.72. The molecule has 2 nitrogen and oxygen atoms in total. The first-order valence-electron chi connectivity index (χ1n) is 5.57. The standard InChI is InChI=1S/C13H21NO/c1-4-14-10-9-13(3,15)12-8-6-5-7-11(12)2/h5-8,14-15H,4,9-10H2,1-3H3. The van der Waals surface area contributed by atoms with E-state index in [1.54, 1.807) is 0 Å². The van der Waals surface area contributed by atoms with Crippen molar-refractivity contribution in [1.82, 2.24) is 5.32 Å². The van der Waals surface area contributed by atoms with Gasteiger partial charge in [-0.1, -0.05) is 31.2 Å². The molecule has 0 spiro atoms. The molecule has 0 aliphatic heterocycles. The molecule has 0 aliphatic rings. The van der Waals surface area contributed by atoms with E-state index in [0.717, 1.165) is 30.6 Å². The van der Waals surface area contributed by atoms with Crippen LogP contribution in [0.3, 0.4) is 0 Å². The van der Waals surface area contributed by atoms with Crippen LogP contribution >= 0.6 is 0 Å². The predicted octanol–water partition coefficient (Wildman–Crippen LogP) is 2.20. The van der Waals surface area contributed by atoms with Crippen molar-refractivity contribution in [3.63, 3.8) is 0 Å². The van der Waals surface area contributed by atoms with Crippen LogP contribution in [-0.4, -0.2) is 18.2 Å². The molecule has 0 radical (unpaired) electrons. The quantitative estimate of drug-likeness (QED) is 0.725. The number of aryl methyl sites for hydroxylation is 1. The lowest BCUT2D eigenvalue weighted by Crippen LogP contribution is -2.28. The molecule has 0 bridgehead atoms. The minimum Gasteiger partial charge on any atom is -0.385 e. The van der Waals surface area contributed by atoms with Crippen LogP contribution in [0.5, 0.6) is 0 Å². The fourth-order valence-electron chi connectivity index (χ4n) is 1.82. The van der Waals surface area contributed by atoms with Gasteiger partial charge < -0.3 is 10.4 Å². The van der Waals surface area contributed by atoms with E-state index < -0.39 is 5.60 Å². The summed E-state index contributed by atoms with van der Waals surface area (Å²) in [4.78, 5) is 0. The van der Waals surface area contributed by atoms with Gasteiger partial charge in [-0.15, -0.1) is 0 Å². The van der Waals surface area contributed by atoms with Crippen molar-refractivity contribution in [1.29, 1.82) is 0 Å². The molecule has 1 aromatic carbocycles. The first kappa shape index (κ1) is 12.2. The average molecular weight is 207 g/mol. The van der Waals surface area contributed by atoms with Gasteiger partial charge >= 0.3 is 0 Å². The van der Waals surface area contributed by atoms with Crippen molar-refractivity contribution in [2.24, 2.45) is 0 Å². The minimum absolute atomic E-state index is 0.729. The van der Waals surface area contributed by atoms with Gasteiger partial charge in [0.25, 0.3) is 0 Å². The van der Waals surface area contributed by atoms with E-state index in [1.165, 1.54) is 0 Å². The van der Waals surface area contributed by atoms with E-state index in [4.69, 9.17) is 0 Å². The second-order valence-electron chi connectivity index (χ2n) is 4.19. The molecule has 2 N–H and O–H groups in total. The lowest BCUT2D eigenvalue weighted by Gasteiger charge is -2.25. The largest absolute Gasteiger partial charge is 0.385 e. The summed E-state index contributed by atoms with van der Waals surface area (Å²) in [7, 11) is 0. The third-order valence-corrected chi connectivity index (χ3v) is 2.76. The van der Waals surface area contributed by atoms with Crippen molar-refractivity contribution in [2.45, 2.75) is 32.8 Å². The maximum absolute atomic E-state index is 10.4. The fourth-order valence-corrected chi connectivity index (χ4v) is 1.82. The summed E-state index contributed by atoms with van der Waals surface area (Å²) in [5.74, 6) is 0. The summed E-state index contributed by atoms with van der Waals surface area (Å²) < 4.78 is 0. The Morgan fingerprint density at radius 3 is 2.60 bits per heavy atom. The van der Waals surface area contributed by atoms with E-state index in [9.17, 15) is 5.11 Å². The number of benzene rings is 1. The summed E-state index contributed by atoms with van der Waals surface area (Å²) in [6, 6.07) is 8.02. The zero-order chi connectivity index (χ0) is 11.3. The first-order chi connectivity index (χ1) is 7.08. The number of hydrogen-bond acceptors (Lipinski definition) is 2. The Bertz CT molecular complexity index is 307. The van der Waals surface area contributed by atoms with Crippen molar-refractivity contribution in [3.8, 4) is 0 Å². The van der Waals surface area contributed by atoms with Crippen molar-refractivity contribution in [2.75, 3.05) is 13.1 Å². The highest BCUT2D eigenvalue weighted by Crippen LogP contribution is 2.26. The first-order valence-corrected chi connectivity index (χ1v) is 5.57. The Labute approximate surface area is 92.3 Å². The SMILES string of the molecule is CCNCCC(C)(O)c1ccccc1C. The van der Waals surface area contributed by atoms with Gasteiger partial charge in [0.05, 0.1) is 5.60 Å². The van der Waals surface area contributed by atoms with Crippen molar-refractivity contribution in [3.05, 3.63) is 35.4 Å². The Morgan fingerprint density at radius 1 is 1.33 bits per heavy atom. The summed E-state index contributed by atoms with van der Waals surface area (Å²) in [5, 5.41) is 13.6. The lowest BCUT2D eigenvalue weighted by atomic mass is 9.89. The molecule has 0 aromatic heterocycles. The van der Waals surface area contributed by atoms with E-state index in [0.29, 0.717) is 0 Å². The molecule has 1 unspecified atom stereocenters. The van der Waals surface area contributed by atoms with Crippen LogP contribution < -0.4 is 5.32 Å². The topological polar surface area (TPSA) is 32.3 Å². The highest BCUT2D eigenvalue weighted by molar-refractivity contribution is 5.30. The summed E-state index contributed by atoms with van der Waals surface area (Å²) >= 11 is 0. The van der Waals surface area contributed by atoms with Crippen LogP contribution in [0.4, 0.5) is 0 Å². The van der Waals surface area contributed by atoms with Crippen molar-refractivity contribution >= 4 is 0 Å². The second-order valence-corrected chi connectivity index (χ2v) is 4.19. The molecular weight excluding hydrogens is 186 g/mol. The van der Waals surface area contributed by atoms with Gasteiger partial charge in [-0.2, -0.15) is 0 Å².